The zero-order chi connectivity index (χ0) is 10.9. The highest BCUT2D eigenvalue weighted by Gasteiger charge is 1.95. The molecule has 0 aromatic carbocycles. The first-order chi connectivity index (χ1) is 7.29. The van der Waals surface area contributed by atoms with E-state index >= 15 is 0 Å². The lowest BCUT2D eigenvalue weighted by Crippen LogP contribution is -2.19. The summed E-state index contributed by atoms with van der Waals surface area (Å²) in [5, 5.41) is 5.36. The van der Waals surface area contributed by atoms with Gasteiger partial charge in [-0.25, -0.2) is 4.98 Å². The maximum atomic E-state index is 5.48. The predicted octanol–water partition coefficient (Wildman–Crippen LogP) is 2.30. The summed E-state index contributed by atoms with van der Waals surface area (Å²) in [6, 6.07) is 0. The van der Waals surface area contributed by atoms with Crippen molar-refractivity contribution in [2.24, 2.45) is 5.92 Å². The molecule has 0 aliphatic rings. The van der Waals surface area contributed by atoms with E-state index in [1.165, 1.54) is 0 Å². The van der Waals surface area contributed by atoms with Crippen LogP contribution in [0.1, 0.15) is 26.0 Å². The van der Waals surface area contributed by atoms with Crippen molar-refractivity contribution in [3.63, 3.8) is 0 Å². The fraction of sp³-hybridized carbons (Fsp3) is 0.727. The van der Waals surface area contributed by atoms with Crippen LogP contribution in [0.25, 0.3) is 0 Å². The summed E-state index contributed by atoms with van der Waals surface area (Å²) in [5.41, 5.74) is 2.97. The van der Waals surface area contributed by atoms with Gasteiger partial charge in [-0.3, -0.25) is 0 Å². The van der Waals surface area contributed by atoms with Crippen molar-refractivity contribution in [2.75, 3.05) is 19.8 Å². The molecule has 86 valence electrons. The van der Waals surface area contributed by atoms with Gasteiger partial charge < -0.3 is 10.1 Å². The molecule has 0 aliphatic carbocycles. The summed E-state index contributed by atoms with van der Waals surface area (Å²) < 4.78 is 5.48. The minimum absolute atomic E-state index is 0.730. The summed E-state index contributed by atoms with van der Waals surface area (Å²) >= 11 is 1.63. The van der Waals surface area contributed by atoms with E-state index < -0.39 is 0 Å². The molecule has 3 nitrogen and oxygen atoms in total. The summed E-state index contributed by atoms with van der Waals surface area (Å²) in [6.45, 7) is 7.83. The normalized spacial score (nSPS) is 11.1. The topological polar surface area (TPSA) is 34.1 Å². The van der Waals surface area contributed by atoms with Crippen LogP contribution in [0.2, 0.25) is 0 Å². The quantitative estimate of drug-likeness (QED) is 0.693. The van der Waals surface area contributed by atoms with Gasteiger partial charge in [0.05, 0.1) is 17.8 Å². The molecule has 1 N–H and O–H groups in total. The van der Waals surface area contributed by atoms with E-state index in [1.807, 2.05) is 5.51 Å². The van der Waals surface area contributed by atoms with Crippen LogP contribution >= 0.6 is 11.3 Å². The number of nitrogens with one attached hydrogen (secondary N) is 1. The smallest absolute Gasteiger partial charge is 0.0795 e. The van der Waals surface area contributed by atoms with Crippen LogP contribution in [0.3, 0.4) is 0 Å². The van der Waals surface area contributed by atoms with Gasteiger partial charge in [0, 0.05) is 25.1 Å². The maximum absolute atomic E-state index is 5.48. The second kappa shape index (κ2) is 7.79. The molecule has 0 atom stereocenters. The monoisotopic (exact) mass is 228 g/mol. The molecule has 0 aliphatic heterocycles. The molecule has 1 rings (SSSR count). The number of hydrogen-bond acceptors (Lipinski definition) is 4. The van der Waals surface area contributed by atoms with Crippen LogP contribution in [-0.2, 0) is 11.3 Å². The van der Waals surface area contributed by atoms with Gasteiger partial charge in [0.1, 0.15) is 0 Å². The number of ether oxygens (including phenoxy) is 1. The van der Waals surface area contributed by atoms with E-state index in [1.54, 1.807) is 11.3 Å². The molecule has 0 radical (unpaired) electrons. The second-order valence-electron chi connectivity index (χ2n) is 3.95. The van der Waals surface area contributed by atoms with Crippen molar-refractivity contribution in [3.05, 3.63) is 16.6 Å². The standard InChI is InChI=1S/C11H20N2OS/c1-10(2)3-5-14-6-4-12-7-11-8-15-9-13-11/h8-10,12H,3-7H2,1-2H3. The first-order valence-electron chi connectivity index (χ1n) is 5.44. The van der Waals surface area contributed by atoms with Gasteiger partial charge in [0.2, 0.25) is 0 Å². The van der Waals surface area contributed by atoms with Crippen LogP contribution in [0.15, 0.2) is 10.9 Å². The average molecular weight is 228 g/mol. The molecular formula is C11H20N2OS. The summed E-state index contributed by atoms with van der Waals surface area (Å²) in [4.78, 5) is 4.19. The van der Waals surface area contributed by atoms with Crippen LogP contribution in [0, 0.1) is 5.92 Å². The van der Waals surface area contributed by atoms with Gasteiger partial charge in [0.15, 0.2) is 0 Å². The highest BCUT2D eigenvalue weighted by atomic mass is 32.1. The molecule has 1 aromatic heterocycles. The van der Waals surface area contributed by atoms with Gasteiger partial charge in [-0.2, -0.15) is 0 Å². The number of hydrogen-bond donors (Lipinski definition) is 1. The molecule has 0 bridgehead atoms. The maximum Gasteiger partial charge on any atom is 0.0795 e. The van der Waals surface area contributed by atoms with E-state index in [4.69, 9.17) is 4.74 Å². The number of nitrogens with zero attached hydrogens (tertiary/aromatic N) is 1. The predicted molar refractivity (Wildman–Crippen MR) is 64.1 cm³/mol. The van der Waals surface area contributed by atoms with Gasteiger partial charge in [-0.1, -0.05) is 13.8 Å². The van der Waals surface area contributed by atoms with Crippen LogP contribution in [0.5, 0.6) is 0 Å². The molecule has 0 fully saturated rings. The van der Waals surface area contributed by atoms with E-state index in [0.29, 0.717) is 0 Å². The first-order valence-corrected chi connectivity index (χ1v) is 6.39. The Bertz CT molecular complexity index is 237. The van der Waals surface area contributed by atoms with E-state index in [0.717, 1.165) is 44.3 Å². The molecule has 15 heavy (non-hydrogen) atoms. The van der Waals surface area contributed by atoms with Crippen molar-refractivity contribution in [2.45, 2.75) is 26.8 Å². The summed E-state index contributed by atoms with van der Waals surface area (Å²) in [5.74, 6) is 0.730. The Morgan fingerprint density at radius 3 is 3.00 bits per heavy atom. The van der Waals surface area contributed by atoms with Crippen molar-refractivity contribution >= 4 is 11.3 Å². The minimum atomic E-state index is 0.730. The zero-order valence-electron chi connectivity index (χ0n) is 9.53. The fourth-order valence-electron chi connectivity index (χ4n) is 1.11. The Hall–Kier alpha value is -0.450. The SMILES string of the molecule is CC(C)CCOCCNCc1cscn1. The molecule has 0 saturated heterocycles. The van der Waals surface area contributed by atoms with Crippen LogP contribution in [-0.4, -0.2) is 24.7 Å². The van der Waals surface area contributed by atoms with E-state index in [9.17, 15) is 0 Å². The number of aromatic nitrogens is 1. The van der Waals surface area contributed by atoms with Crippen molar-refractivity contribution in [3.8, 4) is 0 Å². The van der Waals surface area contributed by atoms with Gasteiger partial charge in [0.25, 0.3) is 0 Å². The Labute approximate surface area is 95.9 Å². The number of rotatable bonds is 8. The molecule has 0 amide bonds. The van der Waals surface area contributed by atoms with Gasteiger partial charge in [-0.15, -0.1) is 11.3 Å². The highest BCUT2D eigenvalue weighted by molar-refractivity contribution is 7.07. The molecule has 0 saturated carbocycles. The molecule has 1 aromatic rings. The average Bonchev–Trinajstić information content (AvgIpc) is 2.68. The Morgan fingerprint density at radius 2 is 2.33 bits per heavy atom. The second-order valence-corrected chi connectivity index (χ2v) is 4.67. The Morgan fingerprint density at radius 1 is 1.47 bits per heavy atom. The lowest BCUT2D eigenvalue weighted by Gasteiger charge is -2.06. The Balaban J connectivity index is 1.85. The molecule has 0 unspecified atom stereocenters. The summed E-state index contributed by atoms with van der Waals surface area (Å²) in [7, 11) is 0. The Kier molecular flexibility index (Phi) is 6.55. The molecule has 0 spiro atoms. The van der Waals surface area contributed by atoms with Gasteiger partial charge in [-0.05, 0) is 12.3 Å². The third kappa shape index (κ3) is 6.60. The minimum Gasteiger partial charge on any atom is -0.380 e. The third-order valence-corrected chi connectivity index (χ3v) is 2.69. The van der Waals surface area contributed by atoms with Crippen molar-refractivity contribution in [1.82, 2.24) is 10.3 Å². The lowest BCUT2D eigenvalue weighted by molar-refractivity contribution is 0.125. The third-order valence-electron chi connectivity index (χ3n) is 2.05. The molecule has 4 heteroatoms. The van der Waals surface area contributed by atoms with Crippen molar-refractivity contribution < 1.29 is 4.74 Å². The highest BCUT2D eigenvalue weighted by Crippen LogP contribution is 2.00. The largest absolute Gasteiger partial charge is 0.380 e. The van der Waals surface area contributed by atoms with Crippen LogP contribution in [0.4, 0.5) is 0 Å². The zero-order valence-corrected chi connectivity index (χ0v) is 10.3. The molecular weight excluding hydrogens is 208 g/mol. The number of thiazole rings is 1. The van der Waals surface area contributed by atoms with E-state index in [-0.39, 0.29) is 0 Å². The fourth-order valence-corrected chi connectivity index (χ4v) is 1.67. The lowest BCUT2D eigenvalue weighted by atomic mass is 10.1. The van der Waals surface area contributed by atoms with E-state index in [2.05, 4.69) is 29.5 Å². The van der Waals surface area contributed by atoms with Crippen LogP contribution < -0.4 is 5.32 Å². The van der Waals surface area contributed by atoms with Gasteiger partial charge >= 0.3 is 0 Å². The first kappa shape index (κ1) is 12.6. The summed E-state index contributed by atoms with van der Waals surface area (Å²) in [6.07, 6.45) is 1.14. The van der Waals surface area contributed by atoms with Crippen molar-refractivity contribution in [1.29, 1.82) is 0 Å². The molecule has 1 heterocycles.